The molecular formula is C20H12B12N2O. The molecule has 2 aromatic rings. The van der Waals surface area contributed by atoms with Gasteiger partial charge in [0.05, 0.1) is 33.1 Å². The minimum absolute atomic E-state index is 0.0326. The third kappa shape index (κ3) is 4.50. The van der Waals surface area contributed by atoms with Crippen molar-refractivity contribution in [3.05, 3.63) is 58.7 Å². The van der Waals surface area contributed by atoms with Crippen LogP contribution in [0.1, 0.15) is 22.3 Å². The number of benzene rings is 2. The second-order valence-electron chi connectivity index (χ2n) is 9.39. The van der Waals surface area contributed by atoms with Crippen molar-refractivity contribution in [1.29, 1.82) is 10.5 Å². The summed E-state index contributed by atoms with van der Waals surface area (Å²) < 4.78 is 6.14. The van der Waals surface area contributed by atoms with Crippen molar-refractivity contribution in [3.8, 4) is 23.6 Å². The summed E-state index contributed by atoms with van der Waals surface area (Å²) in [6.45, 7) is -0.361. The maximum absolute atomic E-state index is 9.60. The van der Waals surface area contributed by atoms with Gasteiger partial charge in [0.1, 0.15) is 29.2 Å². The first kappa shape index (κ1) is 26.1. The highest BCUT2D eigenvalue weighted by Crippen LogP contribution is 2.63. The van der Waals surface area contributed by atoms with Gasteiger partial charge in [-0.15, -0.1) is 21.9 Å². The Kier molecular flexibility index (Phi) is 7.57. The van der Waals surface area contributed by atoms with E-state index in [-0.39, 0.29) is 35.8 Å². The molecule has 0 aliphatic carbocycles. The van der Waals surface area contributed by atoms with Crippen LogP contribution in [0, 0.1) is 22.7 Å². The number of nitrogens with zero attached hydrogens (tertiary/aromatic N) is 2. The number of hydrogen-bond donors (Lipinski definition) is 0. The summed E-state index contributed by atoms with van der Waals surface area (Å²) in [5.74, 6) is 0.802. The molecule has 2 saturated heterocycles. The van der Waals surface area contributed by atoms with E-state index in [4.69, 9.17) is 51.2 Å². The van der Waals surface area contributed by atoms with E-state index < -0.39 is 10.4 Å². The summed E-state index contributed by atoms with van der Waals surface area (Å²) >= 11 is 0. The first-order valence-electron chi connectivity index (χ1n) is 11.3. The quantitative estimate of drug-likeness (QED) is 0.496. The van der Waals surface area contributed by atoms with Crippen LogP contribution in [0.5, 0.6) is 11.5 Å². The monoisotopic (exact) mass is 428 g/mol. The van der Waals surface area contributed by atoms with Crippen molar-refractivity contribution in [2.75, 3.05) is 0 Å². The summed E-state index contributed by atoms with van der Waals surface area (Å²) in [5.41, 5.74) is 2.21. The highest BCUT2D eigenvalue weighted by Gasteiger charge is 2.59. The Morgan fingerprint density at radius 2 is 1.40 bits per heavy atom. The normalized spacial score (nSPS) is 26.1. The van der Waals surface area contributed by atoms with E-state index in [2.05, 4.69) is 12.1 Å². The van der Waals surface area contributed by atoms with Gasteiger partial charge in [-0.2, -0.15) is 10.5 Å². The van der Waals surface area contributed by atoms with Gasteiger partial charge in [-0.05, 0) is 48.2 Å². The molecule has 35 heavy (non-hydrogen) atoms. The van der Waals surface area contributed by atoms with Crippen LogP contribution in [-0.4, -0.2) is 88.3 Å². The Hall–Kier alpha value is -2.00. The Balaban J connectivity index is 1.72. The predicted octanol–water partition coefficient (Wildman–Crippen LogP) is -0.144. The van der Waals surface area contributed by atoms with E-state index >= 15 is 0 Å². The number of hydrogen-bond acceptors (Lipinski definition) is 3. The van der Waals surface area contributed by atoms with Crippen molar-refractivity contribution < 1.29 is 4.74 Å². The third-order valence-corrected chi connectivity index (χ3v) is 7.61. The van der Waals surface area contributed by atoms with Gasteiger partial charge < -0.3 is 4.74 Å². The smallest absolute Gasteiger partial charge is 0.146 e. The Morgan fingerprint density at radius 1 is 0.857 bits per heavy atom. The zero-order chi connectivity index (χ0) is 25.4. The Labute approximate surface area is 220 Å². The fourth-order valence-electron chi connectivity index (χ4n) is 5.32. The van der Waals surface area contributed by atoms with Crippen molar-refractivity contribution in [2.45, 2.75) is 34.7 Å². The lowest BCUT2D eigenvalue weighted by molar-refractivity contribution is 0.479. The zero-order valence-electron chi connectivity index (χ0n) is 19.3. The predicted molar refractivity (Wildman–Crippen MR) is 152 cm³/mol. The van der Waals surface area contributed by atoms with Crippen LogP contribution in [0.4, 0.5) is 0 Å². The first-order chi connectivity index (χ1) is 16.8. The summed E-state index contributed by atoms with van der Waals surface area (Å²) in [4.78, 5) is 0. The average molecular weight is 427 g/mol. The molecule has 0 spiro atoms. The molecule has 0 amide bonds. The minimum Gasteiger partial charge on any atom is -0.456 e. The van der Waals surface area contributed by atoms with E-state index in [9.17, 15) is 10.5 Å². The number of ether oxygens (including phenoxy) is 1. The van der Waals surface area contributed by atoms with Gasteiger partial charge in [-0.25, -0.2) is 0 Å². The molecule has 4 atom stereocenters. The maximum Gasteiger partial charge on any atom is 0.146 e. The summed E-state index contributed by atoms with van der Waals surface area (Å²) in [7, 11) is 42.6. The molecule has 4 rings (SSSR count). The summed E-state index contributed by atoms with van der Waals surface area (Å²) in [6, 6.07) is 14.8. The molecule has 2 heterocycles. The van der Waals surface area contributed by atoms with Crippen LogP contribution in [0.15, 0.2) is 36.4 Å². The fourth-order valence-corrected chi connectivity index (χ4v) is 5.32. The van der Waals surface area contributed by atoms with Crippen molar-refractivity contribution >= 4 is 88.3 Å². The minimum atomic E-state index is -0.454. The molecule has 15 heteroatoms. The van der Waals surface area contributed by atoms with Gasteiger partial charge in [0.25, 0.3) is 0 Å². The lowest BCUT2D eigenvalue weighted by Crippen LogP contribution is -2.17. The van der Waals surface area contributed by atoms with Gasteiger partial charge >= 0.3 is 0 Å². The second kappa shape index (κ2) is 10.2. The van der Waals surface area contributed by atoms with E-state index in [1.54, 1.807) is 46.9 Å². The van der Waals surface area contributed by atoms with E-state index in [1.165, 1.54) is 0 Å². The molecule has 2 aliphatic heterocycles. The average Bonchev–Trinajstić information content (AvgIpc) is 3.66. The Morgan fingerprint density at radius 3 is 1.80 bits per heavy atom. The molecule has 144 valence electrons. The molecule has 16 radical (unpaired) electrons. The lowest BCUT2D eigenvalue weighted by Gasteiger charge is -2.22. The highest BCUT2D eigenvalue weighted by atomic mass is 16.5. The number of nitriles is 2. The topological polar surface area (TPSA) is 56.8 Å². The second-order valence-corrected chi connectivity index (χ2v) is 9.39. The zero-order valence-corrected chi connectivity index (χ0v) is 19.3. The van der Waals surface area contributed by atoms with Crippen LogP contribution < -0.4 is 4.74 Å². The van der Waals surface area contributed by atoms with Crippen LogP contribution in [0.2, 0.25) is 21.9 Å². The van der Waals surface area contributed by atoms with Crippen LogP contribution in [-0.2, 0) is 12.8 Å². The third-order valence-electron chi connectivity index (χ3n) is 7.61. The molecule has 0 N–H and O–H groups in total. The van der Waals surface area contributed by atoms with Gasteiger partial charge in [0.15, 0.2) is 0 Å². The van der Waals surface area contributed by atoms with Gasteiger partial charge in [-0.1, -0.05) is 12.1 Å². The maximum atomic E-state index is 9.60. The van der Waals surface area contributed by atoms with Crippen LogP contribution >= 0.6 is 0 Å². The Bertz CT molecular complexity index is 1150. The standard InChI is InChI=1S/C20H12B12N2O/c21-27-17-19(29-23,31(17)25)7-11-4-12(8-20(30-24)18(28-22)32(20)26)6-14(5-11)35-16-3-1-2-13(9-33)15(16)10-34/h1-6,17-18H,7-8H2/i27+0,28+0,29+0,30+0,31+0,32+0. The fraction of sp³-hybridized carbons (Fsp3) is 0.300. The van der Waals surface area contributed by atoms with Gasteiger partial charge in [0, 0.05) is 60.8 Å². The summed E-state index contributed by atoms with van der Waals surface area (Å²) in [6.07, 6.45) is 1.10. The highest BCUT2D eigenvalue weighted by molar-refractivity contribution is 7.29. The molecule has 2 fully saturated rings. The molecule has 0 saturated carbocycles. The molecule has 4 unspecified atom stereocenters. The first-order valence-corrected chi connectivity index (χ1v) is 11.3. The molecule has 2 aromatic carbocycles. The lowest BCUT2D eigenvalue weighted by atomic mass is 9.38. The number of rotatable bonds is 10. The van der Waals surface area contributed by atoms with Crippen molar-refractivity contribution in [2.24, 2.45) is 0 Å². The van der Waals surface area contributed by atoms with Crippen molar-refractivity contribution in [3.63, 3.8) is 0 Å². The molecule has 0 aromatic heterocycles. The molecule has 3 nitrogen and oxygen atoms in total. The van der Waals surface area contributed by atoms with E-state index in [0.29, 0.717) is 24.3 Å². The molecule has 0 bridgehead atoms. The van der Waals surface area contributed by atoms with Crippen LogP contribution in [0.3, 0.4) is 0 Å². The van der Waals surface area contributed by atoms with E-state index in [1.807, 2.05) is 18.2 Å². The van der Waals surface area contributed by atoms with Crippen LogP contribution in [0.25, 0.3) is 0 Å². The van der Waals surface area contributed by atoms with Gasteiger partial charge in [-0.3, -0.25) is 0 Å². The van der Waals surface area contributed by atoms with Crippen molar-refractivity contribution in [1.82, 2.24) is 0 Å². The van der Waals surface area contributed by atoms with E-state index in [0.717, 1.165) is 11.1 Å². The van der Waals surface area contributed by atoms with Gasteiger partial charge in [0.2, 0.25) is 0 Å². The largest absolute Gasteiger partial charge is 0.456 e. The molecular weight excluding hydrogens is 415 g/mol. The summed E-state index contributed by atoms with van der Waals surface area (Å²) in [5, 5.41) is 18.1. The molecule has 2 aliphatic rings. The SMILES string of the molecule is [B][11B]C1[11B]([B])C1([11B][B])Cc1cc(CC2([11B][B])[11B]([B])C2[11B][B])cc(Oc2cccc(C#N)c2C#N)c1.